The maximum atomic E-state index is 13.6. The first-order valence-electron chi connectivity index (χ1n) is 8.07. The summed E-state index contributed by atoms with van der Waals surface area (Å²) in [6.07, 6.45) is 3.68. The lowest BCUT2D eigenvalue weighted by Crippen LogP contribution is -2.25. The summed E-state index contributed by atoms with van der Waals surface area (Å²) in [6, 6.07) is 1.13. The molecule has 2 rings (SSSR count). The highest BCUT2D eigenvalue weighted by Crippen LogP contribution is 2.25. The van der Waals surface area contributed by atoms with Gasteiger partial charge < -0.3 is 14.6 Å². The molecule has 2 aromatic heterocycles. The Balaban J connectivity index is 2.09. The van der Waals surface area contributed by atoms with Crippen LogP contribution in [0.3, 0.4) is 0 Å². The Hall–Kier alpha value is -0.993. The van der Waals surface area contributed by atoms with Crippen LogP contribution in [0.2, 0.25) is 25.7 Å². The number of hydrogen-bond donors (Lipinski definition) is 1. The minimum absolute atomic E-state index is 0.160. The van der Waals surface area contributed by atoms with Crippen LogP contribution in [0.15, 0.2) is 16.9 Å². The largest absolute Gasteiger partial charge is 0.361 e. The highest BCUT2D eigenvalue weighted by atomic mass is 79.9. The number of halogens is 2. The lowest BCUT2D eigenvalue weighted by molar-refractivity contribution is 0.0898. The average molecular weight is 417 g/mol. The fourth-order valence-corrected chi connectivity index (χ4v) is 3.33. The van der Waals surface area contributed by atoms with Gasteiger partial charge >= 0.3 is 0 Å². The Morgan fingerprint density at radius 3 is 2.71 bits per heavy atom. The predicted molar refractivity (Wildman–Crippen MR) is 103 cm³/mol. The smallest absolute Gasteiger partial charge is 0.224 e. The molecule has 0 bridgehead atoms. The standard InChI is InChI=1S/C16H26BrFN4OSi/c1-16(2,18)10-20-15-19-8-12-13(17)9-22(14(12)21-15)11-23-6-7-24(3,4)5/h8-9H,6-7,10-11H2,1-5H3,(H,19,20,21). The van der Waals surface area contributed by atoms with Gasteiger partial charge in [0.25, 0.3) is 0 Å². The van der Waals surface area contributed by atoms with Gasteiger partial charge in [-0.1, -0.05) is 19.6 Å². The maximum Gasteiger partial charge on any atom is 0.224 e. The van der Waals surface area contributed by atoms with Gasteiger partial charge in [-0.05, 0) is 35.8 Å². The molecular weight excluding hydrogens is 391 g/mol. The molecule has 0 aliphatic heterocycles. The minimum Gasteiger partial charge on any atom is -0.361 e. The molecular formula is C16H26BrFN4OSi. The summed E-state index contributed by atoms with van der Waals surface area (Å²) in [7, 11) is -1.10. The van der Waals surface area contributed by atoms with Gasteiger partial charge in [-0.2, -0.15) is 4.98 Å². The Morgan fingerprint density at radius 2 is 2.08 bits per heavy atom. The van der Waals surface area contributed by atoms with Crippen molar-refractivity contribution < 1.29 is 9.13 Å². The fraction of sp³-hybridized carbons (Fsp3) is 0.625. The van der Waals surface area contributed by atoms with Crippen molar-refractivity contribution in [2.24, 2.45) is 0 Å². The Morgan fingerprint density at radius 1 is 1.38 bits per heavy atom. The molecule has 0 aromatic carbocycles. The van der Waals surface area contributed by atoms with Crippen LogP contribution < -0.4 is 5.32 Å². The monoisotopic (exact) mass is 416 g/mol. The molecule has 0 unspecified atom stereocenters. The van der Waals surface area contributed by atoms with Crippen LogP contribution in [0, 0.1) is 0 Å². The zero-order valence-electron chi connectivity index (χ0n) is 15.0. The molecule has 134 valence electrons. The van der Waals surface area contributed by atoms with Gasteiger partial charge in [0.2, 0.25) is 5.95 Å². The third-order valence-electron chi connectivity index (χ3n) is 3.46. The summed E-state index contributed by atoms with van der Waals surface area (Å²) in [4.78, 5) is 8.74. The summed E-state index contributed by atoms with van der Waals surface area (Å²) in [5, 5.41) is 3.85. The lowest BCUT2D eigenvalue weighted by Gasteiger charge is -2.16. The van der Waals surface area contributed by atoms with Gasteiger partial charge in [0.05, 0.1) is 11.9 Å². The Kier molecular flexibility index (Phi) is 6.03. The van der Waals surface area contributed by atoms with Crippen LogP contribution in [0.4, 0.5) is 10.3 Å². The van der Waals surface area contributed by atoms with Crippen molar-refractivity contribution >= 4 is 41.0 Å². The van der Waals surface area contributed by atoms with E-state index in [0.717, 1.165) is 28.2 Å². The average Bonchev–Trinajstić information content (AvgIpc) is 2.76. The lowest BCUT2D eigenvalue weighted by atomic mass is 10.2. The number of anilines is 1. The van der Waals surface area contributed by atoms with Crippen LogP contribution in [0.25, 0.3) is 11.0 Å². The summed E-state index contributed by atoms with van der Waals surface area (Å²) in [5.41, 5.74) is -0.551. The first-order valence-corrected chi connectivity index (χ1v) is 12.6. The Bertz CT molecular complexity index is 694. The highest BCUT2D eigenvalue weighted by Gasteiger charge is 2.17. The zero-order chi connectivity index (χ0) is 18.0. The van der Waals surface area contributed by atoms with Gasteiger partial charge in [-0.3, -0.25) is 0 Å². The number of alkyl halides is 1. The van der Waals surface area contributed by atoms with Crippen LogP contribution in [0.1, 0.15) is 13.8 Å². The van der Waals surface area contributed by atoms with E-state index < -0.39 is 13.7 Å². The molecule has 2 heterocycles. The number of aromatic nitrogens is 3. The third-order valence-corrected chi connectivity index (χ3v) is 5.80. The second-order valence-electron chi connectivity index (χ2n) is 7.80. The van der Waals surface area contributed by atoms with E-state index in [9.17, 15) is 4.39 Å². The molecule has 0 saturated heterocycles. The molecule has 0 amide bonds. The second kappa shape index (κ2) is 7.49. The van der Waals surface area contributed by atoms with Crippen molar-refractivity contribution in [3.8, 4) is 0 Å². The summed E-state index contributed by atoms with van der Waals surface area (Å²) in [6.45, 7) is 11.4. The zero-order valence-corrected chi connectivity index (χ0v) is 17.6. The van der Waals surface area contributed by atoms with E-state index in [1.807, 2.05) is 10.8 Å². The van der Waals surface area contributed by atoms with Crippen LogP contribution in [-0.4, -0.2) is 41.4 Å². The molecule has 0 saturated carbocycles. The number of fused-ring (bicyclic) bond motifs is 1. The number of nitrogens with one attached hydrogen (secondary N) is 1. The maximum absolute atomic E-state index is 13.6. The van der Waals surface area contributed by atoms with E-state index in [1.165, 1.54) is 13.8 Å². The summed E-state index contributed by atoms with van der Waals surface area (Å²) in [5.74, 6) is 0.419. The number of nitrogens with zero attached hydrogens (tertiary/aromatic N) is 3. The molecule has 2 aromatic rings. The van der Waals surface area contributed by atoms with Crippen molar-refractivity contribution in [2.75, 3.05) is 18.5 Å². The molecule has 0 fully saturated rings. The molecule has 1 N–H and O–H groups in total. The van der Waals surface area contributed by atoms with Gasteiger partial charge in [0.1, 0.15) is 18.0 Å². The van der Waals surface area contributed by atoms with Crippen molar-refractivity contribution in [2.45, 2.75) is 51.9 Å². The fourth-order valence-electron chi connectivity index (χ4n) is 2.04. The Labute approximate surface area is 152 Å². The van der Waals surface area contributed by atoms with Crippen LogP contribution in [-0.2, 0) is 11.5 Å². The van der Waals surface area contributed by atoms with E-state index >= 15 is 0 Å². The van der Waals surface area contributed by atoms with E-state index in [-0.39, 0.29) is 6.54 Å². The van der Waals surface area contributed by atoms with E-state index in [0.29, 0.717) is 12.7 Å². The molecule has 0 aliphatic carbocycles. The molecule has 24 heavy (non-hydrogen) atoms. The van der Waals surface area contributed by atoms with Gasteiger partial charge in [-0.25, -0.2) is 9.37 Å². The number of ether oxygens (including phenoxy) is 1. The van der Waals surface area contributed by atoms with E-state index in [2.05, 4.69) is 50.9 Å². The van der Waals surface area contributed by atoms with Crippen LogP contribution >= 0.6 is 15.9 Å². The SMILES string of the molecule is CC(C)(F)CNc1ncc2c(Br)cn(COCC[Si](C)(C)C)c2n1. The summed E-state index contributed by atoms with van der Waals surface area (Å²) >= 11 is 3.52. The first kappa shape index (κ1) is 19.3. The van der Waals surface area contributed by atoms with Gasteiger partial charge in [0, 0.05) is 31.5 Å². The van der Waals surface area contributed by atoms with Crippen LogP contribution in [0.5, 0.6) is 0 Å². The van der Waals surface area contributed by atoms with E-state index in [1.54, 1.807) is 6.20 Å². The first-order chi connectivity index (χ1) is 11.1. The van der Waals surface area contributed by atoms with Crippen molar-refractivity contribution in [1.82, 2.24) is 14.5 Å². The quantitative estimate of drug-likeness (QED) is 0.501. The van der Waals surface area contributed by atoms with Gasteiger partial charge in [-0.15, -0.1) is 0 Å². The normalized spacial score (nSPS) is 12.8. The molecule has 0 radical (unpaired) electrons. The molecule has 8 heteroatoms. The topological polar surface area (TPSA) is 52.0 Å². The highest BCUT2D eigenvalue weighted by molar-refractivity contribution is 9.10. The molecule has 0 atom stereocenters. The number of hydrogen-bond acceptors (Lipinski definition) is 4. The summed E-state index contributed by atoms with van der Waals surface area (Å²) < 4.78 is 22.3. The molecule has 0 spiro atoms. The minimum atomic E-state index is -1.32. The third kappa shape index (κ3) is 5.82. The van der Waals surface area contributed by atoms with E-state index in [4.69, 9.17) is 4.74 Å². The second-order valence-corrected chi connectivity index (χ2v) is 14.3. The number of rotatable bonds is 8. The predicted octanol–water partition coefficient (Wildman–Crippen LogP) is 4.67. The van der Waals surface area contributed by atoms with Crippen molar-refractivity contribution in [3.05, 3.63) is 16.9 Å². The molecule has 5 nitrogen and oxygen atoms in total. The van der Waals surface area contributed by atoms with Crippen molar-refractivity contribution in [3.63, 3.8) is 0 Å². The van der Waals surface area contributed by atoms with Crippen molar-refractivity contribution in [1.29, 1.82) is 0 Å². The molecule has 0 aliphatic rings. The van der Waals surface area contributed by atoms with Gasteiger partial charge in [0.15, 0.2) is 0 Å².